The van der Waals surface area contributed by atoms with Gasteiger partial charge in [0.1, 0.15) is 5.75 Å². The van der Waals surface area contributed by atoms with Gasteiger partial charge < -0.3 is 20.9 Å². The van der Waals surface area contributed by atoms with Crippen LogP contribution in [0.2, 0.25) is 0 Å². The molecule has 23 heavy (non-hydrogen) atoms. The Balaban J connectivity index is 1.84. The highest BCUT2D eigenvalue weighted by Crippen LogP contribution is 2.18. The average molecular weight is 314 g/mol. The minimum absolute atomic E-state index is 0.115. The van der Waals surface area contributed by atoms with Gasteiger partial charge in [-0.25, -0.2) is 0 Å². The molecule has 0 fully saturated rings. The first-order valence-electron chi connectivity index (χ1n) is 7.95. The summed E-state index contributed by atoms with van der Waals surface area (Å²) in [6, 6.07) is 17.7. The van der Waals surface area contributed by atoms with Gasteiger partial charge in [0.2, 0.25) is 0 Å². The number of hydrogen-bond donors (Lipinski definition) is 3. The Morgan fingerprint density at radius 2 is 1.87 bits per heavy atom. The summed E-state index contributed by atoms with van der Waals surface area (Å²) in [6.45, 7) is 2.51. The van der Waals surface area contributed by atoms with Crippen molar-refractivity contribution in [3.63, 3.8) is 0 Å². The lowest BCUT2D eigenvalue weighted by molar-refractivity contribution is 0.138. The summed E-state index contributed by atoms with van der Waals surface area (Å²) >= 11 is 0. The molecule has 124 valence electrons. The third kappa shape index (κ3) is 5.36. The van der Waals surface area contributed by atoms with Crippen LogP contribution in [0.1, 0.15) is 24.1 Å². The molecule has 0 radical (unpaired) electrons. The van der Waals surface area contributed by atoms with E-state index in [0.29, 0.717) is 13.0 Å². The molecule has 0 saturated heterocycles. The third-order valence-electron chi connectivity index (χ3n) is 4.04. The first-order chi connectivity index (χ1) is 11.1. The van der Waals surface area contributed by atoms with Gasteiger partial charge in [0.15, 0.2) is 0 Å². The monoisotopic (exact) mass is 314 g/mol. The highest BCUT2D eigenvalue weighted by molar-refractivity contribution is 5.30. The van der Waals surface area contributed by atoms with Gasteiger partial charge in [0, 0.05) is 18.6 Å². The molecule has 0 amide bonds. The number of methoxy groups -OCH3 is 1. The molecule has 4 heteroatoms. The van der Waals surface area contributed by atoms with Gasteiger partial charge in [0.25, 0.3) is 0 Å². The third-order valence-corrected chi connectivity index (χ3v) is 4.04. The molecule has 2 aromatic carbocycles. The quantitative estimate of drug-likeness (QED) is 0.699. The van der Waals surface area contributed by atoms with Crippen LogP contribution in [0.4, 0.5) is 0 Å². The fourth-order valence-electron chi connectivity index (χ4n) is 2.50. The maximum Gasteiger partial charge on any atom is 0.119 e. The highest BCUT2D eigenvalue weighted by Gasteiger charge is 2.16. The zero-order valence-electron chi connectivity index (χ0n) is 13.8. The largest absolute Gasteiger partial charge is 0.497 e. The SMILES string of the molecule is COc1cccc([C@@H](C)NC[C@@H](O)[C@@H](N)Cc2ccccc2)c1. The molecule has 0 unspecified atom stereocenters. The summed E-state index contributed by atoms with van der Waals surface area (Å²) in [5.41, 5.74) is 8.37. The van der Waals surface area contributed by atoms with Crippen molar-refractivity contribution in [3.8, 4) is 5.75 Å². The molecule has 2 aromatic rings. The highest BCUT2D eigenvalue weighted by atomic mass is 16.5. The van der Waals surface area contributed by atoms with Crippen LogP contribution in [0.5, 0.6) is 5.75 Å². The number of aliphatic hydroxyl groups excluding tert-OH is 1. The van der Waals surface area contributed by atoms with Gasteiger partial charge >= 0.3 is 0 Å². The van der Waals surface area contributed by atoms with Crippen LogP contribution in [-0.2, 0) is 6.42 Å². The van der Waals surface area contributed by atoms with Crippen molar-refractivity contribution < 1.29 is 9.84 Å². The Morgan fingerprint density at radius 1 is 1.13 bits per heavy atom. The molecule has 2 rings (SSSR count). The standard InChI is InChI=1S/C19H26N2O2/c1-14(16-9-6-10-17(12-16)23-2)21-13-19(22)18(20)11-15-7-4-3-5-8-15/h3-10,12,14,18-19,21-22H,11,13,20H2,1-2H3/t14-,18+,19-/m1/s1. The van der Waals surface area contributed by atoms with E-state index in [0.717, 1.165) is 16.9 Å². The molecule has 4 N–H and O–H groups in total. The van der Waals surface area contributed by atoms with E-state index in [1.54, 1.807) is 7.11 Å². The van der Waals surface area contributed by atoms with E-state index in [-0.39, 0.29) is 12.1 Å². The van der Waals surface area contributed by atoms with Crippen LogP contribution >= 0.6 is 0 Å². The lowest BCUT2D eigenvalue weighted by atomic mass is 10.0. The normalized spacial score (nSPS) is 15.0. The number of nitrogens with two attached hydrogens (primary N) is 1. The number of aliphatic hydroxyl groups is 1. The van der Waals surface area contributed by atoms with Crippen molar-refractivity contribution in [2.75, 3.05) is 13.7 Å². The van der Waals surface area contributed by atoms with Crippen molar-refractivity contribution in [2.24, 2.45) is 5.73 Å². The summed E-state index contributed by atoms with van der Waals surface area (Å²) in [5.74, 6) is 0.831. The van der Waals surface area contributed by atoms with Crippen molar-refractivity contribution >= 4 is 0 Å². The van der Waals surface area contributed by atoms with Crippen molar-refractivity contribution in [2.45, 2.75) is 31.5 Å². The van der Waals surface area contributed by atoms with Gasteiger partial charge in [0.05, 0.1) is 13.2 Å². The van der Waals surface area contributed by atoms with Gasteiger partial charge in [-0.3, -0.25) is 0 Å². The zero-order valence-corrected chi connectivity index (χ0v) is 13.8. The second-order valence-corrected chi connectivity index (χ2v) is 5.83. The molecular weight excluding hydrogens is 288 g/mol. The van der Waals surface area contributed by atoms with Crippen LogP contribution in [0.25, 0.3) is 0 Å². The fraction of sp³-hybridized carbons (Fsp3) is 0.368. The van der Waals surface area contributed by atoms with E-state index in [1.807, 2.05) is 54.6 Å². The molecule has 0 spiro atoms. The van der Waals surface area contributed by atoms with E-state index in [4.69, 9.17) is 10.5 Å². The van der Waals surface area contributed by atoms with Crippen LogP contribution in [-0.4, -0.2) is 30.9 Å². The second kappa shape index (κ2) is 8.67. The van der Waals surface area contributed by atoms with Crippen LogP contribution in [0, 0.1) is 0 Å². The molecule has 4 nitrogen and oxygen atoms in total. The predicted molar refractivity (Wildman–Crippen MR) is 93.5 cm³/mol. The summed E-state index contributed by atoms with van der Waals surface area (Å²) in [6.07, 6.45) is 0.0697. The minimum atomic E-state index is -0.594. The molecule has 0 aliphatic rings. The lowest BCUT2D eigenvalue weighted by Gasteiger charge is -2.22. The molecule has 0 heterocycles. The van der Waals surface area contributed by atoms with Gasteiger partial charge in [-0.1, -0.05) is 42.5 Å². The second-order valence-electron chi connectivity index (χ2n) is 5.83. The van der Waals surface area contributed by atoms with E-state index in [9.17, 15) is 5.11 Å². The first-order valence-corrected chi connectivity index (χ1v) is 7.95. The molecule has 0 aliphatic heterocycles. The number of ether oxygens (including phenoxy) is 1. The molecule has 0 bridgehead atoms. The Morgan fingerprint density at radius 3 is 2.57 bits per heavy atom. The van der Waals surface area contributed by atoms with Gasteiger partial charge in [-0.05, 0) is 36.6 Å². The minimum Gasteiger partial charge on any atom is -0.497 e. The van der Waals surface area contributed by atoms with E-state index in [2.05, 4.69) is 12.2 Å². The molecule has 0 aliphatic carbocycles. The van der Waals surface area contributed by atoms with Crippen LogP contribution < -0.4 is 15.8 Å². The van der Waals surface area contributed by atoms with Crippen molar-refractivity contribution in [1.82, 2.24) is 5.32 Å². The Hall–Kier alpha value is -1.88. The number of nitrogens with one attached hydrogen (secondary N) is 1. The number of rotatable bonds is 8. The summed E-state index contributed by atoms with van der Waals surface area (Å²) < 4.78 is 5.24. The Bertz CT molecular complexity index is 589. The topological polar surface area (TPSA) is 67.5 Å². The van der Waals surface area contributed by atoms with E-state index < -0.39 is 6.10 Å². The summed E-state index contributed by atoms with van der Waals surface area (Å²) in [5, 5.41) is 13.6. The predicted octanol–water partition coefficient (Wildman–Crippen LogP) is 2.28. The van der Waals surface area contributed by atoms with Crippen molar-refractivity contribution in [3.05, 3.63) is 65.7 Å². The van der Waals surface area contributed by atoms with E-state index in [1.165, 1.54) is 0 Å². The smallest absolute Gasteiger partial charge is 0.119 e. The maximum atomic E-state index is 10.3. The molecule has 0 aromatic heterocycles. The first kappa shape index (κ1) is 17.5. The Labute approximate surface area is 138 Å². The maximum absolute atomic E-state index is 10.3. The lowest BCUT2D eigenvalue weighted by Crippen LogP contribution is -2.43. The van der Waals surface area contributed by atoms with Gasteiger partial charge in [-0.2, -0.15) is 0 Å². The molecular formula is C19H26N2O2. The van der Waals surface area contributed by atoms with Crippen molar-refractivity contribution in [1.29, 1.82) is 0 Å². The van der Waals surface area contributed by atoms with Gasteiger partial charge in [-0.15, -0.1) is 0 Å². The molecule has 0 saturated carbocycles. The zero-order chi connectivity index (χ0) is 16.7. The average Bonchev–Trinajstić information content (AvgIpc) is 2.60. The number of benzene rings is 2. The van der Waals surface area contributed by atoms with Crippen LogP contribution in [0.3, 0.4) is 0 Å². The van der Waals surface area contributed by atoms with E-state index >= 15 is 0 Å². The Kier molecular flexibility index (Phi) is 6.59. The molecule has 3 atom stereocenters. The number of hydrogen-bond acceptors (Lipinski definition) is 4. The summed E-state index contributed by atoms with van der Waals surface area (Å²) in [7, 11) is 1.66. The van der Waals surface area contributed by atoms with Crippen LogP contribution in [0.15, 0.2) is 54.6 Å². The fourth-order valence-corrected chi connectivity index (χ4v) is 2.50. The summed E-state index contributed by atoms with van der Waals surface area (Å²) in [4.78, 5) is 0.